The first-order chi connectivity index (χ1) is 29.8. The number of rotatable bonds is 4. The maximum atomic E-state index is 5.28. The molecule has 0 atom stereocenters. The fourth-order valence-electron chi connectivity index (χ4n) is 9.79. The van der Waals surface area contributed by atoms with Gasteiger partial charge in [0, 0.05) is 38.2 Å². The van der Waals surface area contributed by atoms with Gasteiger partial charge in [0.25, 0.3) is 0 Å². The highest BCUT2D eigenvalue weighted by atomic mass is 15.1. The summed E-state index contributed by atoms with van der Waals surface area (Å²) >= 11 is 0. The number of nitrogens with zero attached hydrogens (tertiary/aromatic N) is 4. The maximum Gasteiger partial charge on any atom is 0.162 e. The van der Waals surface area contributed by atoms with Crippen LogP contribution in [0.3, 0.4) is 0 Å². The lowest BCUT2D eigenvalue weighted by Gasteiger charge is -2.14. The summed E-state index contributed by atoms with van der Waals surface area (Å²) in [6.45, 7) is 0. The SMILES string of the molecule is c1ccc(-c2nc(-n3c4ccccc4c4cc(-c5ccc6c(c5)c5ccccc5n6-c5ccc6c7ccccc7c7ccccc7c6c5)ccc43)c3ccccc3n2)cc1. The van der Waals surface area contributed by atoms with E-state index in [9.17, 15) is 0 Å². The Morgan fingerprint density at radius 2 is 0.733 bits per heavy atom. The van der Waals surface area contributed by atoms with Crippen molar-refractivity contribution in [3.8, 4) is 34.0 Å². The number of para-hydroxylation sites is 3. The van der Waals surface area contributed by atoms with Crippen molar-refractivity contribution < 1.29 is 0 Å². The molecule has 0 unspecified atom stereocenters. The van der Waals surface area contributed by atoms with Crippen molar-refractivity contribution in [2.24, 2.45) is 0 Å². The molecule has 0 radical (unpaired) electrons. The van der Waals surface area contributed by atoms with Crippen LogP contribution in [0.15, 0.2) is 206 Å². The summed E-state index contributed by atoms with van der Waals surface area (Å²) in [4.78, 5) is 10.3. The largest absolute Gasteiger partial charge is 0.309 e. The molecule has 0 spiro atoms. The third-order valence-electron chi connectivity index (χ3n) is 12.5. The van der Waals surface area contributed by atoms with Crippen molar-refractivity contribution in [2.45, 2.75) is 0 Å². The Kier molecular flexibility index (Phi) is 6.98. The molecule has 278 valence electrons. The summed E-state index contributed by atoms with van der Waals surface area (Å²) in [6.07, 6.45) is 0. The van der Waals surface area contributed by atoms with E-state index in [1.165, 1.54) is 76.0 Å². The Morgan fingerprint density at radius 3 is 1.37 bits per heavy atom. The first-order valence-corrected chi connectivity index (χ1v) is 20.5. The van der Waals surface area contributed by atoms with Crippen LogP contribution in [0, 0.1) is 0 Å². The van der Waals surface area contributed by atoms with Gasteiger partial charge in [-0.05, 0) is 104 Å². The average Bonchev–Trinajstić information content (AvgIpc) is 3.83. The molecule has 3 heterocycles. The van der Waals surface area contributed by atoms with Gasteiger partial charge in [-0.3, -0.25) is 4.57 Å². The average molecular weight is 763 g/mol. The quantitative estimate of drug-likeness (QED) is 0.167. The zero-order valence-corrected chi connectivity index (χ0v) is 32.4. The van der Waals surface area contributed by atoms with E-state index < -0.39 is 0 Å². The van der Waals surface area contributed by atoms with Gasteiger partial charge in [-0.2, -0.15) is 0 Å². The van der Waals surface area contributed by atoms with E-state index >= 15 is 0 Å². The van der Waals surface area contributed by atoms with Crippen LogP contribution in [0.4, 0.5) is 0 Å². The molecule has 60 heavy (non-hydrogen) atoms. The summed E-state index contributed by atoms with van der Waals surface area (Å²) in [5.74, 6) is 1.59. The highest BCUT2D eigenvalue weighted by molar-refractivity contribution is 6.25. The van der Waals surface area contributed by atoms with E-state index in [1.807, 2.05) is 24.3 Å². The number of benzene rings is 10. The van der Waals surface area contributed by atoms with Crippen LogP contribution >= 0.6 is 0 Å². The molecule has 0 saturated carbocycles. The molecule has 0 bridgehead atoms. The van der Waals surface area contributed by atoms with Gasteiger partial charge >= 0.3 is 0 Å². The van der Waals surface area contributed by atoms with E-state index in [1.54, 1.807) is 0 Å². The molecule has 0 aliphatic carbocycles. The number of hydrogen-bond donors (Lipinski definition) is 0. The van der Waals surface area contributed by atoms with E-state index in [2.05, 4.69) is 191 Å². The smallest absolute Gasteiger partial charge is 0.162 e. The van der Waals surface area contributed by atoms with E-state index in [-0.39, 0.29) is 0 Å². The minimum absolute atomic E-state index is 0.713. The number of fused-ring (bicyclic) bond motifs is 13. The van der Waals surface area contributed by atoms with E-state index in [0.29, 0.717) is 5.82 Å². The lowest BCUT2D eigenvalue weighted by Crippen LogP contribution is -2.02. The molecule has 13 aromatic rings. The highest BCUT2D eigenvalue weighted by Gasteiger charge is 2.20. The topological polar surface area (TPSA) is 35.6 Å². The van der Waals surface area contributed by atoms with Crippen LogP contribution in [0.1, 0.15) is 0 Å². The standard InChI is InChI=1S/C56H34N4/c1-2-14-35(15-3-1)55-57-50-23-11-8-22-46(50)56(58-55)60-52-25-13-10-21-45(52)49-33-37(27-31-54(49)60)36-26-30-53-48(32-36)44-20-9-12-24-51(44)59(53)38-28-29-43-41-18-5-4-16-39(41)40-17-6-7-19-42(40)47(43)34-38/h1-34H. The molecule has 0 aliphatic rings. The third-order valence-corrected chi connectivity index (χ3v) is 12.5. The Balaban J connectivity index is 0.996. The van der Waals surface area contributed by atoms with Crippen LogP contribution in [-0.2, 0) is 0 Å². The second-order valence-corrected chi connectivity index (χ2v) is 15.7. The monoisotopic (exact) mass is 762 g/mol. The summed E-state index contributed by atoms with van der Waals surface area (Å²) in [5.41, 5.74) is 10.0. The summed E-state index contributed by atoms with van der Waals surface area (Å²) in [6, 6.07) is 74.5. The lowest BCUT2D eigenvalue weighted by atomic mass is 9.94. The van der Waals surface area contributed by atoms with Gasteiger partial charge in [0.2, 0.25) is 0 Å². The molecule has 4 nitrogen and oxygen atoms in total. The second kappa shape index (κ2) is 12.7. The van der Waals surface area contributed by atoms with Crippen molar-refractivity contribution in [3.63, 3.8) is 0 Å². The van der Waals surface area contributed by atoms with Crippen LogP contribution in [0.25, 0.3) is 121 Å². The van der Waals surface area contributed by atoms with Crippen molar-refractivity contribution >= 4 is 86.8 Å². The molecule has 0 aliphatic heterocycles. The van der Waals surface area contributed by atoms with Gasteiger partial charge in [-0.15, -0.1) is 0 Å². The molecular weight excluding hydrogens is 729 g/mol. The normalized spacial score (nSPS) is 12.0. The second-order valence-electron chi connectivity index (χ2n) is 15.7. The summed E-state index contributed by atoms with van der Waals surface area (Å²) in [5, 5.41) is 13.5. The van der Waals surface area contributed by atoms with Crippen LogP contribution in [0.2, 0.25) is 0 Å². The number of hydrogen-bond acceptors (Lipinski definition) is 2. The first-order valence-electron chi connectivity index (χ1n) is 20.5. The molecule has 0 amide bonds. The van der Waals surface area contributed by atoms with Gasteiger partial charge in [-0.1, -0.05) is 146 Å². The Labute approximate surface area is 344 Å². The molecule has 13 rings (SSSR count). The molecule has 0 N–H and O–H groups in total. The van der Waals surface area contributed by atoms with Gasteiger partial charge in [0.05, 0.1) is 27.6 Å². The summed E-state index contributed by atoms with van der Waals surface area (Å²) in [7, 11) is 0. The molecule has 3 aromatic heterocycles. The van der Waals surface area contributed by atoms with Gasteiger partial charge < -0.3 is 4.57 Å². The van der Waals surface area contributed by atoms with Crippen LogP contribution in [0.5, 0.6) is 0 Å². The maximum absolute atomic E-state index is 5.28. The molecular formula is C56H34N4. The van der Waals surface area contributed by atoms with Crippen LogP contribution < -0.4 is 0 Å². The van der Waals surface area contributed by atoms with Gasteiger partial charge in [0.15, 0.2) is 5.82 Å². The van der Waals surface area contributed by atoms with E-state index in [0.717, 1.165) is 39.0 Å². The minimum atomic E-state index is 0.713. The first kappa shape index (κ1) is 32.9. The van der Waals surface area contributed by atoms with Gasteiger partial charge in [-0.25, -0.2) is 9.97 Å². The zero-order chi connectivity index (χ0) is 39.3. The predicted molar refractivity (Wildman–Crippen MR) is 252 cm³/mol. The van der Waals surface area contributed by atoms with Crippen molar-refractivity contribution in [2.75, 3.05) is 0 Å². The molecule has 0 fully saturated rings. The molecule has 10 aromatic carbocycles. The zero-order valence-electron chi connectivity index (χ0n) is 32.4. The Morgan fingerprint density at radius 1 is 0.267 bits per heavy atom. The van der Waals surface area contributed by atoms with Gasteiger partial charge in [0.1, 0.15) is 5.82 Å². The Hall–Kier alpha value is -8.08. The fourth-order valence-corrected chi connectivity index (χ4v) is 9.79. The predicted octanol–water partition coefficient (Wildman–Crippen LogP) is 14.6. The van der Waals surface area contributed by atoms with Crippen molar-refractivity contribution in [1.29, 1.82) is 0 Å². The van der Waals surface area contributed by atoms with E-state index in [4.69, 9.17) is 9.97 Å². The molecule has 0 saturated heterocycles. The molecule has 4 heteroatoms. The summed E-state index contributed by atoms with van der Waals surface area (Å²) < 4.78 is 4.75. The Bertz CT molecular complexity index is 3860. The number of aromatic nitrogens is 4. The van der Waals surface area contributed by atoms with Crippen molar-refractivity contribution in [3.05, 3.63) is 206 Å². The third kappa shape index (κ3) is 4.79. The minimum Gasteiger partial charge on any atom is -0.309 e. The lowest BCUT2D eigenvalue weighted by molar-refractivity contribution is 1.08. The van der Waals surface area contributed by atoms with Crippen LogP contribution in [-0.4, -0.2) is 19.1 Å². The highest BCUT2D eigenvalue weighted by Crippen LogP contribution is 2.41. The fraction of sp³-hybridized carbons (Fsp3) is 0. The van der Waals surface area contributed by atoms with Crippen molar-refractivity contribution in [1.82, 2.24) is 19.1 Å².